The fraction of sp³-hybridized carbons (Fsp3) is 0.611. The quantitative estimate of drug-likeness (QED) is 0.825. The van der Waals surface area contributed by atoms with Gasteiger partial charge in [-0.05, 0) is 44.7 Å². The van der Waals surface area contributed by atoms with Crippen molar-refractivity contribution in [2.45, 2.75) is 70.1 Å². The number of fused-ring (bicyclic) bond motifs is 1. The zero-order chi connectivity index (χ0) is 14.3. The normalized spacial score (nSPS) is 24.9. The monoisotopic (exact) mass is 284 g/mol. The average molecular weight is 284 g/mol. The van der Waals surface area contributed by atoms with Crippen LogP contribution in [0.4, 0.5) is 0 Å². The van der Waals surface area contributed by atoms with E-state index in [-0.39, 0.29) is 5.60 Å². The molecule has 4 rings (SSSR count). The summed E-state index contributed by atoms with van der Waals surface area (Å²) >= 11 is 0. The van der Waals surface area contributed by atoms with Gasteiger partial charge < -0.3 is 9.30 Å². The molecule has 2 aliphatic rings. The van der Waals surface area contributed by atoms with Gasteiger partial charge in [0.25, 0.3) is 0 Å². The van der Waals surface area contributed by atoms with E-state index in [0.29, 0.717) is 6.10 Å². The van der Waals surface area contributed by atoms with Gasteiger partial charge in [0.05, 0.1) is 29.3 Å². The molecule has 2 fully saturated rings. The van der Waals surface area contributed by atoms with E-state index in [1.54, 1.807) is 0 Å². The number of imidazole rings is 1. The lowest BCUT2D eigenvalue weighted by Gasteiger charge is -2.33. The Labute approximate surface area is 126 Å². The van der Waals surface area contributed by atoms with Crippen LogP contribution in [0, 0.1) is 6.92 Å². The summed E-state index contributed by atoms with van der Waals surface area (Å²) < 4.78 is 8.85. The van der Waals surface area contributed by atoms with Crippen LogP contribution in [0.1, 0.15) is 50.8 Å². The Morgan fingerprint density at radius 1 is 1.19 bits per heavy atom. The molecule has 1 saturated carbocycles. The summed E-state index contributed by atoms with van der Waals surface area (Å²) in [6.07, 6.45) is 9.44. The Hall–Kier alpha value is -1.35. The van der Waals surface area contributed by atoms with E-state index in [4.69, 9.17) is 4.74 Å². The molecular weight excluding hydrogens is 260 g/mol. The van der Waals surface area contributed by atoms with Crippen LogP contribution in [0.25, 0.3) is 11.0 Å². The van der Waals surface area contributed by atoms with Crippen LogP contribution < -0.4 is 0 Å². The Morgan fingerprint density at radius 2 is 2.00 bits per heavy atom. The summed E-state index contributed by atoms with van der Waals surface area (Å²) in [6, 6.07) is 8.41. The van der Waals surface area contributed by atoms with Crippen molar-refractivity contribution in [2.75, 3.05) is 0 Å². The summed E-state index contributed by atoms with van der Waals surface area (Å²) in [5.41, 5.74) is 2.55. The Morgan fingerprint density at radius 3 is 2.86 bits per heavy atom. The molecule has 3 heteroatoms. The lowest BCUT2D eigenvalue weighted by atomic mass is 9.83. The van der Waals surface area contributed by atoms with Crippen molar-refractivity contribution in [1.29, 1.82) is 0 Å². The first-order valence-electron chi connectivity index (χ1n) is 8.35. The number of aromatic nitrogens is 2. The molecule has 112 valence electrons. The molecule has 0 N–H and O–H groups in total. The van der Waals surface area contributed by atoms with Gasteiger partial charge in [-0.15, -0.1) is 0 Å². The summed E-state index contributed by atoms with van der Waals surface area (Å²) in [4.78, 5) is 4.67. The lowest BCUT2D eigenvalue weighted by molar-refractivity contribution is -0.0678. The summed E-state index contributed by atoms with van der Waals surface area (Å²) in [5, 5.41) is 0. The fourth-order valence-corrected chi connectivity index (χ4v) is 4.22. The predicted octanol–water partition coefficient (Wildman–Crippen LogP) is 4.23. The van der Waals surface area contributed by atoms with E-state index in [9.17, 15) is 0 Å². The molecule has 1 aromatic heterocycles. The number of hydrogen-bond acceptors (Lipinski definition) is 2. The highest BCUT2D eigenvalue weighted by atomic mass is 16.5. The minimum atomic E-state index is 0.215. The number of nitrogens with zero attached hydrogens (tertiary/aromatic N) is 2. The van der Waals surface area contributed by atoms with Crippen molar-refractivity contribution in [2.24, 2.45) is 0 Å². The van der Waals surface area contributed by atoms with Crippen LogP contribution in [0.15, 0.2) is 24.3 Å². The van der Waals surface area contributed by atoms with Gasteiger partial charge in [0.1, 0.15) is 5.82 Å². The molecule has 1 aromatic carbocycles. The molecule has 1 saturated heterocycles. The zero-order valence-corrected chi connectivity index (χ0v) is 12.8. The summed E-state index contributed by atoms with van der Waals surface area (Å²) in [6.45, 7) is 3.05. The van der Waals surface area contributed by atoms with Gasteiger partial charge in [0.2, 0.25) is 0 Å². The maximum atomic E-state index is 6.52. The van der Waals surface area contributed by atoms with Gasteiger partial charge in [-0.3, -0.25) is 0 Å². The number of rotatable bonds is 2. The van der Waals surface area contributed by atoms with E-state index in [0.717, 1.165) is 17.9 Å². The Balaban J connectivity index is 1.54. The van der Waals surface area contributed by atoms with Crippen molar-refractivity contribution in [3.05, 3.63) is 30.1 Å². The third kappa shape index (κ3) is 2.38. The summed E-state index contributed by atoms with van der Waals surface area (Å²) in [7, 11) is 0. The van der Waals surface area contributed by atoms with Gasteiger partial charge in [0, 0.05) is 0 Å². The molecule has 0 amide bonds. The Bertz CT molecular complexity index is 640. The van der Waals surface area contributed by atoms with Gasteiger partial charge in [-0.1, -0.05) is 31.4 Å². The third-order valence-corrected chi connectivity index (χ3v) is 5.33. The van der Waals surface area contributed by atoms with E-state index < -0.39 is 0 Å². The average Bonchev–Trinajstić information content (AvgIpc) is 3.03. The third-order valence-electron chi connectivity index (χ3n) is 5.33. The molecule has 0 bridgehead atoms. The second kappa shape index (κ2) is 5.13. The number of hydrogen-bond donors (Lipinski definition) is 0. The zero-order valence-electron chi connectivity index (χ0n) is 12.8. The molecular formula is C18H24N2O. The van der Waals surface area contributed by atoms with Crippen LogP contribution in [-0.2, 0) is 11.3 Å². The van der Waals surface area contributed by atoms with Crippen LogP contribution >= 0.6 is 0 Å². The first kappa shape index (κ1) is 13.3. The number of benzene rings is 1. The van der Waals surface area contributed by atoms with Gasteiger partial charge in [-0.25, -0.2) is 4.98 Å². The molecule has 1 aliphatic carbocycles. The smallest absolute Gasteiger partial charge is 0.106 e. The fourth-order valence-electron chi connectivity index (χ4n) is 4.22. The number of ether oxygens (including phenoxy) is 1. The predicted molar refractivity (Wildman–Crippen MR) is 84.4 cm³/mol. The largest absolute Gasteiger partial charge is 0.370 e. The standard InChI is InChI=1S/C18H24N2O/c1-14-19-16-7-3-4-8-17(16)20(14)13-15-9-12-18(21-15)10-5-2-6-11-18/h3-4,7-8,15H,2,5-6,9-13H2,1H3. The Kier molecular flexibility index (Phi) is 3.26. The van der Waals surface area contributed by atoms with Gasteiger partial charge in [-0.2, -0.15) is 0 Å². The number of aryl methyl sites for hydroxylation is 1. The van der Waals surface area contributed by atoms with Crippen LogP contribution in [0.2, 0.25) is 0 Å². The highest BCUT2D eigenvalue weighted by molar-refractivity contribution is 5.75. The minimum absolute atomic E-state index is 0.215. The van der Waals surface area contributed by atoms with Crippen molar-refractivity contribution in [3.8, 4) is 0 Å². The molecule has 1 spiro atoms. The first-order chi connectivity index (χ1) is 10.3. The molecule has 0 radical (unpaired) electrons. The molecule has 21 heavy (non-hydrogen) atoms. The SMILES string of the molecule is Cc1nc2ccccc2n1CC1CCC2(CCCCC2)O1. The summed E-state index contributed by atoms with van der Waals surface area (Å²) in [5.74, 6) is 1.10. The molecule has 2 heterocycles. The van der Waals surface area contributed by atoms with Gasteiger partial charge in [0.15, 0.2) is 0 Å². The number of para-hydroxylation sites is 2. The van der Waals surface area contributed by atoms with Crippen molar-refractivity contribution in [3.63, 3.8) is 0 Å². The highest BCUT2D eigenvalue weighted by Crippen LogP contribution is 2.42. The van der Waals surface area contributed by atoms with Crippen molar-refractivity contribution >= 4 is 11.0 Å². The van der Waals surface area contributed by atoms with Crippen LogP contribution in [-0.4, -0.2) is 21.3 Å². The molecule has 1 aliphatic heterocycles. The second-order valence-electron chi connectivity index (χ2n) is 6.78. The van der Waals surface area contributed by atoms with E-state index in [2.05, 4.69) is 40.7 Å². The maximum Gasteiger partial charge on any atom is 0.106 e. The maximum absolute atomic E-state index is 6.52. The van der Waals surface area contributed by atoms with Crippen LogP contribution in [0.3, 0.4) is 0 Å². The minimum Gasteiger partial charge on any atom is -0.370 e. The lowest BCUT2D eigenvalue weighted by Crippen LogP contribution is -2.32. The second-order valence-corrected chi connectivity index (χ2v) is 6.78. The van der Waals surface area contributed by atoms with Crippen molar-refractivity contribution < 1.29 is 4.74 Å². The molecule has 2 aromatic rings. The topological polar surface area (TPSA) is 27.1 Å². The van der Waals surface area contributed by atoms with E-state index in [1.807, 2.05) is 0 Å². The van der Waals surface area contributed by atoms with Gasteiger partial charge >= 0.3 is 0 Å². The molecule has 1 unspecified atom stereocenters. The molecule has 1 atom stereocenters. The van der Waals surface area contributed by atoms with E-state index >= 15 is 0 Å². The highest BCUT2D eigenvalue weighted by Gasteiger charge is 2.40. The van der Waals surface area contributed by atoms with E-state index in [1.165, 1.54) is 50.5 Å². The molecule has 3 nitrogen and oxygen atoms in total. The first-order valence-corrected chi connectivity index (χ1v) is 8.35. The van der Waals surface area contributed by atoms with Crippen LogP contribution in [0.5, 0.6) is 0 Å². The van der Waals surface area contributed by atoms with Crippen molar-refractivity contribution in [1.82, 2.24) is 9.55 Å².